The van der Waals surface area contributed by atoms with Crippen molar-refractivity contribution in [2.24, 2.45) is 0 Å². The van der Waals surface area contributed by atoms with Gasteiger partial charge in [0.2, 0.25) is 0 Å². The van der Waals surface area contributed by atoms with E-state index in [0.29, 0.717) is 0 Å². The van der Waals surface area contributed by atoms with E-state index in [9.17, 15) is 4.79 Å². The van der Waals surface area contributed by atoms with Crippen LogP contribution in [0.15, 0.2) is 24.3 Å². The standard InChI is InChI=1S/C14H22N2O/c1-4-15-13-8-6-12(7-9-13)10-14(11(3)17)16-5-2/h6-9,14-16H,4-5,10H2,1-3H3/t14-/m1/s1. The first kappa shape index (κ1) is 13.7. The molecule has 0 saturated heterocycles. The Labute approximate surface area is 104 Å². The molecule has 17 heavy (non-hydrogen) atoms. The van der Waals surface area contributed by atoms with Gasteiger partial charge in [-0.1, -0.05) is 19.1 Å². The smallest absolute Gasteiger partial charge is 0.147 e. The van der Waals surface area contributed by atoms with Gasteiger partial charge in [0.1, 0.15) is 5.78 Å². The fraction of sp³-hybridized carbons (Fsp3) is 0.500. The Morgan fingerprint density at radius 2 is 1.82 bits per heavy atom. The van der Waals surface area contributed by atoms with Crippen LogP contribution in [0, 0.1) is 0 Å². The quantitative estimate of drug-likeness (QED) is 0.760. The SMILES string of the molecule is CCNc1ccc(C[C@@H](NCC)C(C)=O)cc1. The minimum Gasteiger partial charge on any atom is -0.385 e. The zero-order valence-corrected chi connectivity index (χ0v) is 10.9. The van der Waals surface area contributed by atoms with E-state index < -0.39 is 0 Å². The molecule has 1 aromatic carbocycles. The highest BCUT2D eigenvalue weighted by molar-refractivity contribution is 5.81. The van der Waals surface area contributed by atoms with Crippen LogP contribution < -0.4 is 10.6 Å². The van der Waals surface area contributed by atoms with Crippen LogP contribution in [-0.2, 0) is 11.2 Å². The zero-order chi connectivity index (χ0) is 12.7. The van der Waals surface area contributed by atoms with Crippen molar-refractivity contribution in [3.63, 3.8) is 0 Å². The number of benzene rings is 1. The molecule has 0 fully saturated rings. The molecule has 1 rings (SSSR count). The maximum Gasteiger partial charge on any atom is 0.147 e. The summed E-state index contributed by atoms with van der Waals surface area (Å²) in [6.45, 7) is 7.47. The normalized spacial score (nSPS) is 12.2. The van der Waals surface area contributed by atoms with E-state index in [-0.39, 0.29) is 11.8 Å². The van der Waals surface area contributed by atoms with E-state index in [4.69, 9.17) is 0 Å². The number of carbonyl (C=O) groups is 1. The van der Waals surface area contributed by atoms with Crippen LogP contribution in [0.3, 0.4) is 0 Å². The summed E-state index contributed by atoms with van der Waals surface area (Å²) in [6, 6.07) is 8.20. The van der Waals surface area contributed by atoms with Crippen LogP contribution in [0.2, 0.25) is 0 Å². The van der Waals surface area contributed by atoms with Crippen molar-refractivity contribution in [3.05, 3.63) is 29.8 Å². The number of hydrogen-bond donors (Lipinski definition) is 2. The minimum absolute atomic E-state index is 0.0648. The van der Waals surface area contributed by atoms with Crippen LogP contribution in [0.1, 0.15) is 26.3 Å². The first-order chi connectivity index (χ1) is 8.17. The second-order valence-electron chi connectivity index (χ2n) is 4.15. The fourth-order valence-corrected chi connectivity index (χ4v) is 1.80. The highest BCUT2D eigenvalue weighted by atomic mass is 16.1. The molecule has 0 unspecified atom stereocenters. The maximum atomic E-state index is 11.4. The van der Waals surface area contributed by atoms with Gasteiger partial charge in [0, 0.05) is 12.2 Å². The van der Waals surface area contributed by atoms with Crippen molar-refractivity contribution in [3.8, 4) is 0 Å². The van der Waals surface area contributed by atoms with Crippen LogP contribution >= 0.6 is 0 Å². The molecule has 0 spiro atoms. The van der Waals surface area contributed by atoms with Crippen LogP contribution in [0.4, 0.5) is 5.69 Å². The van der Waals surface area contributed by atoms with Gasteiger partial charge in [-0.2, -0.15) is 0 Å². The predicted octanol–water partition coefficient (Wildman–Crippen LogP) is 2.23. The lowest BCUT2D eigenvalue weighted by Gasteiger charge is -2.14. The number of rotatable bonds is 7. The molecular weight excluding hydrogens is 212 g/mol. The van der Waals surface area contributed by atoms with Gasteiger partial charge in [0.15, 0.2) is 0 Å². The molecule has 0 radical (unpaired) electrons. The minimum atomic E-state index is -0.0648. The summed E-state index contributed by atoms with van der Waals surface area (Å²) in [4.78, 5) is 11.4. The summed E-state index contributed by atoms with van der Waals surface area (Å²) in [5.41, 5.74) is 2.31. The molecular formula is C14H22N2O. The monoisotopic (exact) mass is 234 g/mol. The lowest BCUT2D eigenvalue weighted by molar-refractivity contribution is -0.118. The molecule has 0 bridgehead atoms. The first-order valence-corrected chi connectivity index (χ1v) is 6.24. The maximum absolute atomic E-state index is 11.4. The Morgan fingerprint density at radius 1 is 1.18 bits per heavy atom. The van der Waals surface area contributed by atoms with Gasteiger partial charge >= 0.3 is 0 Å². The molecule has 1 atom stereocenters. The number of anilines is 1. The molecule has 0 amide bonds. The Hall–Kier alpha value is -1.35. The van der Waals surface area contributed by atoms with E-state index >= 15 is 0 Å². The van der Waals surface area contributed by atoms with E-state index in [0.717, 1.165) is 25.2 Å². The molecule has 3 nitrogen and oxygen atoms in total. The van der Waals surface area contributed by atoms with Gasteiger partial charge in [-0.15, -0.1) is 0 Å². The Morgan fingerprint density at radius 3 is 2.29 bits per heavy atom. The highest BCUT2D eigenvalue weighted by Gasteiger charge is 2.12. The average molecular weight is 234 g/mol. The van der Waals surface area contributed by atoms with E-state index in [1.54, 1.807) is 6.92 Å². The van der Waals surface area contributed by atoms with Crippen molar-refractivity contribution < 1.29 is 4.79 Å². The van der Waals surface area contributed by atoms with Gasteiger partial charge in [0.25, 0.3) is 0 Å². The van der Waals surface area contributed by atoms with Gasteiger partial charge < -0.3 is 10.6 Å². The zero-order valence-electron chi connectivity index (χ0n) is 10.9. The Bertz CT molecular complexity index is 346. The molecule has 94 valence electrons. The lowest BCUT2D eigenvalue weighted by Crippen LogP contribution is -2.37. The number of likely N-dealkylation sites (N-methyl/N-ethyl adjacent to an activating group) is 1. The molecule has 0 aliphatic rings. The Kier molecular flexibility index (Phi) is 5.70. The van der Waals surface area contributed by atoms with Crippen molar-refractivity contribution >= 4 is 11.5 Å². The van der Waals surface area contributed by atoms with Gasteiger partial charge in [-0.25, -0.2) is 0 Å². The molecule has 0 saturated carbocycles. The van der Waals surface area contributed by atoms with Crippen LogP contribution in [0.25, 0.3) is 0 Å². The average Bonchev–Trinajstić information content (AvgIpc) is 2.31. The molecule has 3 heteroatoms. The largest absolute Gasteiger partial charge is 0.385 e. The summed E-state index contributed by atoms with van der Waals surface area (Å²) in [7, 11) is 0. The molecule has 2 N–H and O–H groups in total. The molecule has 0 heterocycles. The summed E-state index contributed by atoms with van der Waals surface area (Å²) in [6.07, 6.45) is 0.760. The first-order valence-electron chi connectivity index (χ1n) is 6.24. The fourth-order valence-electron chi connectivity index (χ4n) is 1.80. The van der Waals surface area contributed by atoms with Gasteiger partial charge in [-0.05, 0) is 44.5 Å². The third kappa shape index (κ3) is 4.57. The number of Topliss-reactive ketones (excluding diaryl/α,β-unsaturated/α-hetero) is 1. The van der Waals surface area contributed by atoms with E-state index in [1.807, 2.05) is 6.92 Å². The van der Waals surface area contributed by atoms with E-state index in [2.05, 4.69) is 41.8 Å². The second-order valence-corrected chi connectivity index (χ2v) is 4.15. The third-order valence-electron chi connectivity index (χ3n) is 2.72. The van der Waals surface area contributed by atoms with Gasteiger partial charge in [-0.3, -0.25) is 4.79 Å². The highest BCUT2D eigenvalue weighted by Crippen LogP contribution is 2.11. The number of ketones is 1. The number of carbonyl (C=O) groups excluding carboxylic acids is 1. The third-order valence-corrected chi connectivity index (χ3v) is 2.72. The second kappa shape index (κ2) is 7.07. The summed E-state index contributed by atoms with van der Waals surface area (Å²) in [5, 5.41) is 6.46. The van der Waals surface area contributed by atoms with Gasteiger partial charge in [0.05, 0.1) is 6.04 Å². The number of nitrogens with one attached hydrogen (secondary N) is 2. The molecule has 0 aromatic heterocycles. The Balaban J connectivity index is 2.63. The summed E-state index contributed by atoms with van der Waals surface area (Å²) in [5.74, 6) is 0.197. The lowest BCUT2D eigenvalue weighted by atomic mass is 10.0. The van der Waals surface area contributed by atoms with E-state index in [1.165, 1.54) is 5.56 Å². The van der Waals surface area contributed by atoms with Crippen molar-refractivity contribution in [2.45, 2.75) is 33.2 Å². The van der Waals surface area contributed by atoms with Crippen molar-refractivity contribution in [1.29, 1.82) is 0 Å². The summed E-state index contributed by atoms with van der Waals surface area (Å²) < 4.78 is 0. The predicted molar refractivity (Wildman–Crippen MR) is 72.5 cm³/mol. The molecule has 1 aromatic rings. The number of hydrogen-bond acceptors (Lipinski definition) is 3. The van der Waals surface area contributed by atoms with Crippen molar-refractivity contribution in [2.75, 3.05) is 18.4 Å². The van der Waals surface area contributed by atoms with Crippen molar-refractivity contribution in [1.82, 2.24) is 5.32 Å². The molecule has 0 aliphatic carbocycles. The molecule has 0 aliphatic heterocycles. The topological polar surface area (TPSA) is 41.1 Å². The van der Waals surface area contributed by atoms with Crippen LogP contribution in [0.5, 0.6) is 0 Å². The van der Waals surface area contributed by atoms with Crippen LogP contribution in [-0.4, -0.2) is 24.9 Å². The summed E-state index contributed by atoms with van der Waals surface area (Å²) >= 11 is 0.